The smallest absolute Gasteiger partial charge is 0.225 e. The van der Waals surface area contributed by atoms with E-state index in [1.54, 1.807) is 0 Å². The summed E-state index contributed by atoms with van der Waals surface area (Å²) in [6.45, 7) is 6.35. The lowest BCUT2D eigenvalue weighted by atomic mass is 9.66. The highest BCUT2D eigenvalue weighted by Gasteiger charge is 2.46. The van der Waals surface area contributed by atoms with Crippen molar-refractivity contribution in [2.24, 2.45) is 29.6 Å². The normalized spacial score (nSPS) is 41.0. The summed E-state index contributed by atoms with van der Waals surface area (Å²) in [5, 5.41) is 0. The van der Waals surface area contributed by atoms with Crippen LogP contribution in [0.1, 0.15) is 90.4 Å². The summed E-state index contributed by atoms with van der Waals surface area (Å²) in [6.07, 6.45) is 17.8. The predicted octanol–water partition coefficient (Wildman–Crippen LogP) is 4.15. The van der Waals surface area contributed by atoms with Gasteiger partial charge in [0.25, 0.3) is 0 Å². The molecule has 176 valence electrons. The fourth-order valence-electron chi connectivity index (χ4n) is 7.72. The first-order chi connectivity index (χ1) is 15.2. The van der Waals surface area contributed by atoms with Crippen molar-refractivity contribution in [2.75, 3.05) is 26.2 Å². The summed E-state index contributed by atoms with van der Waals surface area (Å²) in [4.78, 5) is 17.8. The third-order valence-corrected chi connectivity index (χ3v) is 9.68. The molecule has 5 heteroatoms. The fourth-order valence-corrected chi connectivity index (χ4v) is 7.72. The Balaban J connectivity index is 1.18. The van der Waals surface area contributed by atoms with Crippen molar-refractivity contribution in [3.05, 3.63) is 0 Å². The minimum absolute atomic E-state index is 0.316. The molecule has 2 N–H and O–H groups in total. The largest absolute Gasteiger partial charge is 0.340 e. The van der Waals surface area contributed by atoms with E-state index in [1.807, 2.05) is 0 Å². The minimum Gasteiger partial charge on any atom is -0.340 e. The molecule has 4 unspecified atom stereocenters. The third kappa shape index (κ3) is 4.84. The van der Waals surface area contributed by atoms with Crippen LogP contribution in [0.2, 0.25) is 0 Å². The number of fused-ring (bicyclic) bond motifs is 1. The highest BCUT2D eigenvalue weighted by Crippen LogP contribution is 2.43. The predicted molar refractivity (Wildman–Crippen MR) is 125 cm³/mol. The Bertz CT molecular complexity index is 590. The van der Waals surface area contributed by atoms with Gasteiger partial charge in [-0.2, -0.15) is 0 Å². The number of hydrogen-bond acceptors (Lipinski definition) is 4. The van der Waals surface area contributed by atoms with Crippen molar-refractivity contribution < 1.29 is 4.79 Å². The maximum absolute atomic E-state index is 13.0. The fraction of sp³-hybridized carbons (Fsp3) is 0.962. The number of amides is 1. The second kappa shape index (κ2) is 10.1. The first-order valence-electron chi connectivity index (χ1n) is 13.7. The molecule has 3 saturated carbocycles. The van der Waals surface area contributed by atoms with Crippen LogP contribution in [0.3, 0.4) is 0 Å². The molecular weight excluding hydrogens is 384 g/mol. The number of rotatable bonds is 3. The van der Waals surface area contributed by atoms with E-state index in [9.17, 15) is 4.79 Å². The van der Waals surface area contributed by atoms with Gasteiger partial charge in [0.05, 0.1) is 6.17 Å². The van der Waals surface area contributed by atoms with Gasteiger partial charge in [-0.3, -0.25) is 15.1 Å². The topological polar surface area (TPSA) is 47.6 Å². The zero-order valence-corrected chi connectivity index (χ0v) is 19.9. The molecule has 1 amide bonds. The molecule has 3 aliphatic carbocycles. The van der Waals surface area contributed by atoms with Crippen molar-refractivity contribution >= 4 is 5.91 Å². The average molecular weight is 431 g/mol. The lowest BCUT2D eigenvalue weighted by Gasteiger charge is -2.54. The van der Waals surface area contributed by atoms with Crippen LogP contribution in [0.15, 0.2) is 0 Å². The zero-order chi connectivity index (χ0) is 21.2. The van der Waals surface area contributed by atoms with E-state index in [4.69, 9.17) is 0 Å². The van der Waals surface area contributed by atoms with Crippen LogP contribution in [-0.4, -0.2) is 54.1 Å². The molecule has 0 bridgehead atoms. The second-order valence-electron chi connectivity index (χ2n) is 11.6. The molecule has 4 atom stereocenters. The number of hydrogen-bond donors (Lipinski definition) is 2. The van der Waals surface area contributed by atoms with Gasteiger partial charge in [0.2, 0.25) is 5.91 Å². The number of carbonyl (C=O) groups is 1. The van der Waals surface area contributed by atoms with Crippen LogP contribution in [-0.2, 0) is 4.79 Å². The van der Waals surface area contributed by atoms with E-state index < -0.39 is 0 Å². The SMILES string of the molecule is CC1CCC(C2NNC(N3CCN(C(=O)C4CCCCC4)CC3)C3CCCCC32)CC1. The molecule has 2 heterocycles. The first kappa shape index (κ1) is 22.2. The molecule has 0 aromatic carbocycles. The van der Waals surface area contributed by atoms with Gasteiger partial charge in [-0.15, -0.1) is 0 Å². The maximum atomic E-state index is 13.0. The molecule has 5 nitrogen and oxygen atoms in total. The second-order valence-corrected chi connectivity index (χ2v) is 11.6. The van der Waals surface area contributed by atoms with Gasteiger partial charge in [-0.05, 0) is 62.2 Å². The van der Waals surface area contributed by atoms with Gasteiger partial charge in [-0.25, -0.2) is 5.43 Å². The zero-order valence-electron chi connectivity index (χ0n) is 19.9. The molecule has 5 aliphatic rings. The Morgan fingerprint density at radius 3 is 2.06 bits per heavy atom. The van der Waals surface area contributed by atoms with Crippen LogP contribution in [0, 0.1) is 29.6 Å². The van der Waals surface area contributed by atoms with Gasteiger partial charge < -0.3 is 4.90 Å². The van der Waals surface area contributed by atoms with Crippen molar-refractivity contribution in [3.63, 3.8) is 0 Å². The number of nitrogens with zero attached hydrogens (tertiary/aromatic N) is 2. The Labute approximate surface area is 190 Å². The van der Waals surface area contributed by atoms with E-state index in [0.717, 1.165) is 62.7 Å². The summed E-state index contributed by atoms with van der Waals surface area (Å²) < 4.78 is 0. The number of nitrogens with one attached hydrogen (secondary N) is 2. The number of carbonyl (C=O) groups excluding carboxylic acids is 1. The molecule has 0 radical (unpaired) electrons. The van der Waals surface area contributed by atoms with Crippen molar-refractivity contribution in [1.82, 2.24) is 20.7 Å². The molecule has 5 rings (SSSR count). The van der Waals surface area contributed by atoms with Gasteiger partial charge in [0.1, 0.15) is 0 Å². The molecule has 0 aromatic rings. The van der Waals surface area contributed by atoms with Crippen molar-refractivity contribution in [3.8, 4) is 0 Å². The van der Waals surface area contributed by atoms with Gasteiger partial charge in [-0.1, -0.05) is 51.9 Å². The van der Waals surface area contributed by atoms with E-state index in [1.165, 1.54) is 70.6 Å². The van der Waals surface area contributed by atoms with E-state index >= 15 is 0 Å². The molecule has 5 fully saturated rings. The van der Waals surface area contributed by atoms with Crippen LogP contribution in [0.5, 0.6) is 0 Å². The highest BCUT2D eigenvalue weighted by atomic mass is 16.2. The summed E-state index contributed by atoms with van der Waals surface area (Å²) in [6, 6.07) is 0.670. The van der Waals surface area contributed by atoms with Crippen LogP contribution >= 0.6 is 0 Å². The summed E-state index contributed by atoms with van der Waals surface area (Å²) in [7, 11) is 0. The van der Waals surface area contributed by atoms with E-state index in [-0.39, 0.29) is 0 Å². The monoisotopic (exact) mass is 430 g/mol. The molecule has 0 aromatic heterocycles. The summed E-state index contributed by atoms with van der Waals surface area (Å²) in [5.74, 6) is 4.17. The van der Waals surface area contributed by atoms with Crippen LogP contribution in [0.4, 0.5) is 0 Å². The summed E-state index contributed by atoms with van der Waals surface area (Å²) in [5.41, 5.74) is 7.69. The molecule has 2 saturated heterocycles. The van der Waals surface area contributed by atoms with E-state index in [2.05, 4.69) is 27.6 Å². The lowest BCUT2D eigenvalue weighted by Crippen LogP contribution is -2.70. The Morgan fingerprint density at radius 1 is 0.710 bits per heavy atom. The highest BCUT2D eigenvalue weighted by molar-refractivity contribution is 5.79. The number of piperazine rings is 1. The van der Waals surface area contributed by atoms with Crippen LogP contribution in [0.25, 0.3) is 0 Å². The average Bonchev–Trinajstić information content (AvgIpc) is 2.84. The Hall–Kier alpha value is -0.650. The molecule has 0 spiro atoms. The standard InChI is InChI=1S/C26H46N4O/c1-19-11-13-20(14-12-19)24-22-9-5-6-10-23(22)25(28-27-24)29-15-17-30(18-16-29)26(31)21-7-3-2-4-8-21/h19-25,27-28H,2-18H2,1H3. The molecular formula is C26H46N4O. The van der Waals surface area contributed by atoms with Gasteiger partial charge in [0.15, 0.2) is 0 Å². The van der Waals surface area contributed by atoms with E-state index in [0.29, 0.717) is 24.0 Å². The first-order valence-corrected chi connectivity index (χ1v) is 13.7. The molecule has 2 aliphatic heterocycles. The maximum Gasteiger partial charge on any atom is 0.225 e. The van der Waals surface area contributed by atoms with Crippen LogP contribution < -0.4 is 10.9 Å². The van der Waals surface area contributed by atoms with Gasteiger partial charge >= 0.3 is 0 Å². The lowest BCUT2D eigenvalue weighted by molar-refractivity contribution is -0.139. The quantitative estimate of drug-likeness (QED) is 0.706. The van der Waals surface area contributed by atoms with Crippen molar-refractivity contribution in [1.29, 1.82) is 0 Å². The minimum atomic E-state index is 0.316. The molecule has 31 heavy (non-hydrogen) atoms. The van der Waals surface area contributed by atoms with Crippen molar-refractivity contribution in [2.45, 2.75) is 103 Å². The third-order valence-electron chi connectivity index (χ3n) is 9.68. The Morgan fingerprint density at radius 2 is 1.35 bits per heavy atom. The van der Waals surface area contributed by atoms with Gasteiger partial charge in [0, 0.05) is 38.1 Å². The Kier molecular flexibility index (Phi) is 7.21. The number of hydrazine groups is 1. The summed E-state index contributed by atoms with van der Waals surface area (Å²) >= 11 is 0.